The average Bonchev–Trinajstić information content (AvgIpc) is 3.36. The number of benzene rings is 2. The summed E-state index contributed by atoms with van der Waals surface area (Å²) in [5, 5.41) is 3.53. The molecule has 2 aromatic heterocycles. The third-order valence-corrected chi connectivity index (χ3v) is 8.51. The van der Waals surface area contributed by atoms with Gasteiger partial charge in [-0.05, 0) is 79.3 Å². The third-order valence-electron chi connectivity index (χ3n) is 8.51. The maximum atomic E-state index is 14.6. The van der Waals surface area contributed by atoms with Crippen LogP contribution in [0.15, 0.2) is 59.5 Å². The van der Waals surface area contributed by atoms with Gasteiger partial charge in [0.2, 0.25) is 11.5 Å². The fourth-order valence-electron chi connectivity index (χ4n) is 6.34. The zero-order valence-corrected chi connectivity index (χ0v) is 25.9. The minimum absolute atomic E-state index is 0.0272. The van der Waals surface area contributed by atoms with Crippen molar-refractivity contribution in [3.8, 4) is 11.3 Å². The van der Waals surface area contributed by atoms with Crippen LogP contribution in [0.3, 0.4) is 0 Å². The summed E-state index contributed by atoms with van der Waals surface area (Å²) in [6.45, 7) is 8.09. The minimum Gasteiger partial charge on any atom is -0.358 e. The number of alkyl halides is 3. The van der Waals surface area contributed by atoms with Gasteiger partial charge in [-0.2, -0.15) is 13.2 Å². The number of aryl methyl sites for hydroxylation is 3. The van der Waals surface area contributed by atoms with Crippen LogP contribution in [-0.4, -0.2) is 40.0 Å². The van der Waals surface area contributed by atoms with E-state index in [1.54, 1.807) is 17.7 Å². The Morgan fingerprint density at radius 2 is 1.82 bits per heavy atom. The van der Waals surface area contributed by atoms with Gasteiger partial charge < -0.3 is 19.8 Å². The van der Waals surface area contributed by atoms with Crippen molar-refractivity contribution in [1.82, 2.24) is 19.8 Å². The molecule has 0 spiro atoms. The molecule has 0 saturated carbocycles. The van der Waals surface area contributed by atoms with E-state index in [1.807, 2.05) is 26.1 Å². The number of pyridine rings is 1. The second kappa shape index (κ2) is 13.0. The number of aromatic amines is 1. The predicted molar refractivity (Wildman–Crippen MR) is 167 cm³/mol. The van der Waals surface area contributed by atoms with Gasteiger partial charge in [0.25, 0.3) is 0 Å². The van der Waals surface area contributed by atoms with Gasteiger partial charge in [0, 0.05) is 62.3 Å². The maximum absolute atomic E-state index is 14.6. The van der Waals surface area contributed by atoms with Crippen LogP contribution in [0, 0.1) is 19.7 Å². The maximum Gasteiger partial charge on any atom is 0.416 e. The number of nitrogens with one attached hydrogen (secondary N) is 2. The number of rotatable bonds is 9. The number of hydrogen-bond acceptors (Lipinski definition) is 3. The number of nitrogens with zero attached hydrogens (tertiary/aromatic N) is 2. The molecule has 1 aliphatic rings. The Hall–Kier alpha value is -4.18. The number of carbonyl (C=O) groups is 1. The van der Waals surface area contributed by atoms with Crippen molar-refractivity contribution >= 4 is 5.91 Å². The molecule has 4 aromatic rings. The summed E-state index contributed by atoms with van der Waals surface area (Å²) in [6.07, 6.45) is -2.34. The summed E-state index contributed by atoms with van der Waals surface area (Å²) in [4.78, 5) is 30.3. The van der Waals surface area contributed by atoms with Gasteiger partial charge in [-0.3, -0.25) is 9.59 Å². The average molecular weight is 623 g/mol. The number of halogens is 4. The summed E-state index contributed by atoms with van der Waals surface area (Å²) in [5.41, 5.74) is 6.51. The molecule has 2 aromatic carbocycles. The van der Waals surface area contributed by atoms with Gasteiger partial charge in [0.15, 0.2) is 0 Å². The second-order valence-corrected chi connectivity index (χ2v) is 12.1. The van der Waals surface area contributed by atoms with E-state index in [0.29, 0.717) is 26.1 Å². The lowest BCUT2D eigenvalue weighted by atomic mass is 9.90. The summed E-state index contributed by atoms with van der Waals surface area (Å²) in [5.74, 6) is -1.55. The van der Waals surface area contributed by atoms with Crippen LogP contribution in [0.2, 0.25) is 0 Å². The molecule has 1 aliphatic heterocycles. The lowest BCUT2D eigenvalue weighted by Gasteiger charge is -2.29. The van der Waals surface area contributed by atoms with E-state index >= 15 is 0 Å². The Balaban J connectivity index is 1.40. The molecule has 5 rings (SSSR count). The highest BCUT2D eigenvalue weighted by molar-refractivity contribution is 5.80. The number of aromatic nitrogens is 2. The van der Waals surface area contributed by atoms with Crippen LogP contribution in [0.25, 0.3) is 11.3 Å². The Morgan fingerprint density at radius 1 is 1.09 bits per heavy atom. The van der Waals surface area contributed by atoms with Gasteiger partial charge in [0.1, 0.15) is 5.82 Å². The zero-order chi connectivity index (χ0) is 32.5. The molecule has 45 heavy (non-hydrogen) atoms. The molecule has 0 radical (unpaired) electrons. The van der Waals surface area contributed by atoms with E-state index in [0.717, 1.165) is 69.4 Å². The molecule has 0 fully saturated rings. The van der Waals surface area contributed by atoms with Crippen molar-refractivity contribution in [2.24, 2.45) is 7.05 Å². The van der Waals surface area contributed by atoms with E-state index < -0.39 is 35.4 Å². The first-order valence-corrected chi connectivity index (χ1v) is 15.1. The summed E-state index contributed by atoms with van der Waals surface area (Å²) >= 11 is 0. The summed E-state index contributed by atoms with van der Waals surface area (Å²) in [7, 11) is 1.73. The molecule has 238 valence electrons. The lowest BCUT2D eigenvalue weighted by Crippen LogP contribution is -2.37. The van der Waals surface area contributed by atoms with Crippen molar-refractivity contribution in [1.29, 1.82) is 0 Å². The van der Waals surface area contributed by atoms with Gasteiger partial charge in [-0.25, -0.2) is 4.39 Å². The molecule has 0 unspecified atom stereocenters. The number of carbonyl (C=O) groups excluding carboxylic acids is 1. The molecule has 0 aliphatic carbocycles. The van der Waals surface area contributed by atoms with Gasteiger partial charge in [0.05, 0.1) is 12.0 Å². The van der Waals surface area contributed by atoms with Gasteiger partial charge >= 0.3 is 6.18 Å². The summed E-state index contributed by atoms with van der Waals surface area (Å²) in [6, 6.07) is 12.5. The van der Waals surface area contributed by atoms with E-state index in [9.17, 15) is 27.2 Å². The van der Waals surface area contributed by atoms with Crippen molar-refractivity contribution < 1.29 is 22.4 Å². The van der Waals surface area contributed by atoms with E-state index in [4.69, 9.17) is 0 Å². The molecule has 1 atom stereocenters. The highest BCUT2D eigenvalue weighted by atomic mass is 19.4. The van der Waals surface area contributed by atoms with Crippen LogP contribution < -0.4 is 10.9 Å². The normalized spacial score (nSPS) is 14.0. The first kappa shape index (κ1) is 32.2. The van der Waals surface area contributed by atoms with Crippen LogP contribution in [0.5, 0.6) is 0 Å². The van der Waals surface area contributed by atoms with E-state index in [1.165, 1.54) is 4.90 Å². The van der Waals surface area contributed by atoms with Crippen LogP contribution in [0.4, 0.5) is 17.6 Å². The highest BCUT2D eigenvalue weighted by Gasteiger charge is 2.36. The molecule has 1 amide bonds. The smallest absolute Gasteiger partial charge is 0.358 e. The molecule has 10 heteroatoms. The Kier molecular flexibility index (Phi) is 9.34. The molecule has 0 saturated heterocycles. The van der Waals surface area contributed by atoms with Gasteiger partial charge in [-0.1, -0.05) is 36.2 Å². The fourth-order valence-corrected chi connectivity index (χ4v) is 6.34. The molecule has 6 nitrogen and oxygen atoms in total. The Labute approximate surface area is 260 Å². The van der Waals surface area contributed by atoms with Crippen molar-refractivity contribution in [3.63, 3.8) is 0 Å². The molecular weight excluding hydrogens is 584 g/mol. The van der Waals surface area contributed by atoms with Crippen LogP contribution >= 0.6 is 0 Å². The molecule has 0 bridgehead atoms. The number of H-pyrrole nitrogens is 1. The lowest BCUT2D eigenvalue weighted by molar-refractivity contribution is -0.139. The minimum atomic E-state index is -4.76. The standard InChI is InChI=1S/C35H38F4N4O2/c1-21-14-22(2)16-25(15-21)34-33(23(3)18-40-12-10-24-8-9-31(44)42(4)19-24)27-20-43(13-11-30(27)41-34)32(45)17-26-28(35(37,38)39)6-5-7-29(26)36/h5-9,14-16,19,23,40-41H,10-13,17-18,20H2,1-4H3/t23-/m1/s1. The second-order valence-electron chi connectivity index (χ2n) is 12.1. The van der Waals surface area contributed by atoms with Crippen LogP contribution in [0.1, 0.15) is 57.5 Å². The van der Waals surface area contributed by atoms with Crippen LogP contribution in [-0.2, 0) is 43.8 Å². The number of amides is 1. The van der Waals surface area contributed by atoms with E-state index in [2.05, 4.69) is 35.4 Å². The third kappa shape index (κ3) is 7.22. The first-order chi connectivity index (χ1) is 21.3. The quantitative estimate of drug-likeness (QED) is 0.172. The highest BCUT2D eigenvalue weighted by Crippen LogP contribution is 2.38. The largest absolute Gasteiger partial charge is 0.416 e. The van der Waals surface area contributed by atoms with Crippen molar-refractivity contribution in [2.45, 2.75) is 58.7 Å². The first-order valence-electron chi connectivity index (χ1n) is 15.1. The number of fused-ring (bicyclic) bond motifs is 1. The van der Waals surface area contributed by atoms with E-state index in [-0.39, 0.29) is 18.0 Å². The predicted octanol–water partition coefficient (Wildman–Crippen LogP) is 6.22. The molecular formula is C35H38F4N4O2. The van der Waals surface area contributed by atoms with Crippen molar-refractivity contribution in [2.75, 3.05) is 19.6 Å². The molecule has 3 heterocycles. The Bertz CT molecular complexity index is 1750. The zero-order valence-electron chi connectivity index (χ0n) is 25.9. The topological polar surface area (TPSA) is 70.1 Å². The summed E-state index contributed by atoms with van der Waals surface area (Å²) < 4.78 is 57.0. The monoisotopic (exact) mass is 622 g/mol. The molecule has 2 N–H and O–H groups in total. The van der Waals surface area contributed by atoms with Crippen molar-refractivity contribution in [3.05, 3.63) is 116 Å². The number of hydrogen-bond donors (Lipinski definition) is 2. The Morgan fingerprint density at radius 3 is 2.51 bits per heavy atom. The van der Waals surface area contributed by atoms with Gasteiger partial charge in [-0.15, -0.1) is 0 Å². The SMILES string of the molecule is Cc1cc(C)cc(-c2[nH]c3c(c2[C@H](C)CNCCc2ccc(=O)n(C)c2)CN(C(=O)Cc2c(F)cccc2C(F)(F)F)CC3)c1. The fraction of sp³-hybridized carbons (Fsp3) is 0.371.